The van der Waals surface area contributed by atoms with Crippen LogP contribution in [0.4, 0.5) is 4.39 Å². The smallest absolute Gasteiger partial charge is 0.274 e. The van der Waals surface area contributed by atoms with Crippen LogP contribution in [0.25, 0.3) is 0 Å². The van der Waals surface area contributed by atoms with Gasteiger partial charge in [0.15, 0.2) is 13.6 Å². The normalized spacial score (nSPS) is 17.4. The Morgan fingerprint density at radius 3 is 2.25 bits per heavy atom. The number of alkyl halides is 1. The molecule has 12 heavy (non-hydrogen) atoms. The van der Waals surface area contributed by atoms with E-state index in [2.05, 4.69) is 9.05 Å². The first-order valence-electron chi connectivity index (χ1n) is 3.23. The summed E-state index contributed by atoms with van der Waals surface area (Å²) in [5, 5.41) is 0. The highest BCUT2D eigenvalue weighted by atomic mass is 31.2. The quantitative estimate of drug-likeness (QED) is 0.359. The molecule has 0 bridgehead atoms. The predicted octanol–water partition coefficient (Wildman–Crippen LogP) is 0.0787. The third-order valence-corrected chi connectivity index (χ3v) is 1.66. The lowest BCUT2D eigenvalue weighted by Crippen LogP contribution is -2.37. The first-order valence-corrected chi connectivity index (χ1v) is 4.69. The van der Waals surface area contributed by atoms with Crippen LogP contribution in [-0.2, 0) is 13.6 Å². The largest absolute Gasteiger partial charge is 0.756 e. The second-order valence-electron chi connectivity index (χ2n) is 3.23. The first kappa shape index (κ1) is 12.0. The molecule has 1 atom stereocenters. The molecule has 0 heterocycles. The molecule has 0 radical (unpaired) electrons. The van der Waals surface area contributed by atoms with Crippen molar-refractivity contribution in [1.29, 1.82) is 0 Å². The summed E-state index contributed by atoms with van der Waals surface area (Å²) in [5.41, 5.74) is 0. The van der Waals surface area contributed by atoms with Crippen molar-refractivity contribution in [2.24, 2.45) is 0 Å². The molecule has 0 N–H and O–H groups in total. The summed E-state index contributed by atoms with van der Waals surface area (Å²) in [7, 11) is 0.765. The number of phosphoric acid groups is 1. The fraction of sp³-hybridized carbons (Fsp3) is 1.00. The van der Waals surface area contributed by atoms with Gasteiger partial charge in [-0.1, -0.05) is 0 Å². The van der Waals surface area contributed by atoms with Gasteiger partial charge in [-0.15, -0.1) is 0 Å². The highest BCUT2D eigenvalue weighted by molar-refractivity contribution is 7.45. The zero-order valence-electron chi connectivity index (χ0n) is 7.32. The highest BCUT2D eigenvalue weighted by Gasteiger charge is 2.14. The number of hydrogen-bond donors (Lipinski definition) is 0. The van der Waals surface area contributed by atoms with Gasteiger partial charge >= 0.3 is 0 Å². The Labute approximate surface area is 70.9 Å². The average Bonchev–Trinajstić information content (AvgIpc) is 1.83. The van der Waals surface area contributed by atoms with Crippen LogP contribution in [0.1, 0.15) is 0 Å². The number of nitrogens with zero attached hydrogens (tertiary/aromatic N) is 1. The van der Waals surface area contributed by atoms with Crippen LogP contribution in [0.2, 0.25) is 0 Å². The van der Waals surface area contributed by atoms with Gasteiger partial charge in [0, 0.05) is 0 Å². The van der Waals surface area contributed by atoms with Crippen LogP contribution in [0, 0.1) is 0 Å². The van der Waals surface area contributed by atoms with Crippen molar-refractivity contribution in [2.75, 3.05) is 34.7 Å². The van der Waals surface area contributed by atoms with Crippen molar-refractivity contribution in [2.45, 2.75) is 0 Å². The Morgan fingerprint density at radius 2 is 1.92 bits per heavy atom. The molecule has 0 spiro atoms. The Hall–Kier alpha value is -0.0000000000000000555. The number of phosphoric ester groups is 1. The molecule has 74 valence electrons. The van der Waals surface area contributed by atoms with Gasteiger partial charge in [0.05, 0.1) is 21.1 Å². The molecule has 0 aromatic carbocycles. The molecule has 0 aromatic heterocycles. The fourth-order valence-corrected chi connectivity index (χ4v) is 1.02. The first-order chi connectivity index (χ1) is 5.27. The van der Waals surface area contributed by atoms with Crippen LogP contribution >= 0.6 is 7.82 Å². The van der Waals surface area contributed by atoms with Gasteiger partial charge in [-0.3, -0.25) is 13.6 Å². The third kappa shape index (κ3) is 6.69. The molecular weight excluding hydrogens is 188 g/mol. The van der Waals surface area contributed by atoms with Gasteiger partial charge in [0.1, 0.15) is 0 Å². The van der Waals surface area contributed by atoms with Crippen molar-refractivity contribution >= 4 is 7.82 Å². The predicted molar refractivity (Wildman–Crippen MR) is 38.7 cm³/mol. The SMILES string of the molecule is C[N+](C)(C)COP(=O)([O-])OCF. The summed E-state index contributed by atoms with van der Waals surface area (Å²) < 4.78 is 30.4. The zero-order chi connectivity index (χ0) is 9.83. The Morgan fingerprint density at radius 1 is 1.42 bits per heavy atom. The van der Waals surface area contributed by atoms with Gasteiger partial charge in [0.25, 0.3) is 7.82 Å². The van der Waals surface area contributed by atoms with Crippen molar-refractivity contribution in [3.8, 4) is 0 Å². The van der Waals surface area contributed by atoms with Gasteiger partial charge in [-0.25, -0.2) is 4.39 Å². The standard InChI is InChI=1S/C5H13FNO4P/c1-7(2,3)5-11-12(8,9)10-4-6/h4-5H2,1-3H3. The summed E-state index contributed by atoms with van der Waals surface area (Å²) in [6, 6.07) is 0. The maximum atomic E-state index is 11.4. The topological polar surface area (TPSA) is 58.6 Å². The zero-order valence-corrected chi connectivity index (χ0v) is 8.21. The second kappa shape index (κ2) is 4.30. The summed E-state index contributed by atoms with van der Waals surface area (Å²) >= 11 is 0. The molecule has 0 saturated heterocycles. The number of halogens is 1. The summed E-state index contributed by atoms with van der Waals surface area (Å²) in [6.45, 7) is -1.47. The molecule has 7 heteroatoms. The molecule has 0 saturated carbocycles. The van der Waals surface area contributed by atoms with Crippen LogP contribution in [-0.4, -0.2) is 39.2 Å². The summed E-state index contributed by atoms with van der Waals surface area (Å²) in [5.74, 6) is 0. The molecule has 5 nitrogen and oxygen atoms in total. The van der Waals surface area contributed by atoms with E-state index in [1.165, 1.54) is 0 Å². The van der Waals surface area contributed by atoms with E-state index in [4.69, 9.17) is 0 Å². The third-order valence-electron chi connectivity index (χ3n) is 0.810. The molecule has 0 amide bonds. The van der Waals surface area contributed by atoms with Gasteiger partial charge in [0.2, 0.25) is 0 Å². The maximum Gasteiger partial charge on any atom is 0.274 e. The number of hydrogen-bond acceptors (Lipinski definition) is 4. The minimum Gasteiger partial charge on any atom is -0.756 e. The fourth-order valence-electron chi connectivity index (χ4n) is 0.341. The highest BCUT2D eigenvalue weighted by Crippen LogP contribution is 2.38. The molecular formula is C5H13FNO4P. The molecule has 0 aliphatic heterocycles. The molecule has 0 aromatic rings. The van der Waals surface area contributed by atoms with Crippen LogP contribution in [0.15, 0.2) is 0 Å². The van der Waals surface area contributed by atoms with Crippen molar-refractivity contribution in [3.05, 3.63) is 0 Å². The van der Waals surface area contributed by atoms with Crippen molar-refractivity contribution < 1.29 is 27.4 Å². The van der Waals surface area contributed by atoms with Crippen molar-refractivity contribution in [3.63, 3.8) is 0 Å². The minimum atomic E-state index is -4.43. The molecule has 0 rings (SSSR count). The van der Waals surface area contributed by atoms with E-state index < -0.39 is 14.7 Å². The minimum absolute atomic E-state index is 0.0826. The van der Waals surface area contributed by atoms with E-state index in [1.54, 1.807) is 21.1 Å². The molecule has 0 aliphatic rings. The van der Waals surface area contributed by atoms with Gasteiger partial charge < -0.3 is 9.38 Å². The van der Waals surface area contributed by atoms with Crippen LogP contribution in [0.3, 0.4) is 0 Å². The molecule has 0 aliphatic carbocycles. The number of rotatable bonds is 5. The van der Waals surface area contributed by atoms with Crippen LogP contribution < -0.4 is 4.89 Å². The van der Waals surface area contributed by atoms with E-state index >= 15 is 0 Å². The Bertz CT molecular complexity index is 181. The Kier molecular flexibility index (Phi) is 4.30. The van der Waals surface area contributed by atoms with Crippen molar-refractivity contribution in [1.82, 2.24) is 0 Å². The van der Waals surface area contributed by atoms with E-state index in [0.29, 0.717) is 4.48 Å². The van der Waals surface area contributed by atoms with E-state index in [-0.39, 0.29) is 6.73 Å². The summed E-state index contributed by atoms with van der Waals surface area (Å²) in [6.07, 6.45) is 0. The lowest BCUT2D eigenvalue weighted by atomic mass is 10.7. The lowest BCUT2D eigenvalue weighted by Gasteiger charge is -2.28. The maximum absolute atomic E-state index is 11.4. The second-order valence-corrected chi connectivity index (χ2v) is 4.64. The van der Waals surface area contributed by atoms with Gasteiger partial charge in [-0.05, 0) is 0 Å². The molecule has 0 fully saturated rings. The summed E-state index contributed by atoms with van der Waals surface area (Å²) in [4.78, 5) is 10.6. The lowest BCUT2D eigenvalue weighted by molar-refractivity contribution is -0.887. The van der Waals surface area contributed by atoms with E-state index in [0.717, 1.165) is 0 Å². The Balaban J connectivity index is 3.84. The average molecular weight is 201 g/mol. The number of quaternary nitrogens is 1. The van der Waals surface area contributed by atoms with E-state index in [9.17, 15) is 13.8 Å². The monoisotopic (exact) mass is 201 g/mol. The van der Waals surface area contributed by atoms with Crippen LogP contribution in [0.5, 0.6) is 0 Å². The van der Waals surface area contributed by atoms with E-state index in [1.807, 2.05) is 0 Å². The van der Waals surface area contributed by atoms with Gasteiger partial charge in [-0.2, -0.15) is 0 Å². The molecule has 1 unspecified atom stereocenters.